The summed E-state index contributed by atoms with van der Waals surface area (Å²) in [6, 6.07) is -0.872. The quantitative estimate of drug-likeness (QED) is 0.523. The zero-order chi connectivity index (χ0) is 19.2. The fourth-order valence-corrected chi connectivity index (χ4v) is 2.20. The molecule has 0 unspecified atom stereocenters. The summed E-state index contributed by atoms with van der Waals surface area (Å²) in [4.78, 5) is 36.2. The van der Waals surface area contributed by atoms with Crippen molar-refractivity contribution in [3.8, 4) is 0 Å². The van der Waals surface area contributed by atoms with Gasteiger partial charge in [0, 0.05) is 5.57 Å². The molecule has 0 heterocycles. The molecule has 6 heteroatoms. The SMILES string of the molecule is C=C(C(=O)O)[C@@H](CC(C)C)C(=O)N[C@H](C(=O)OC(C)C)C(C)(C)C. The first-order valence-electron chi connectivity index (χ1n) is 8.20. The predicted octanol–water partition coefficient (Wildman–Crippen LogP) is 2.77. The van der Waals surface area contributed by atoms with Crippen LogP contribution in [0.5, 0.6) is 0 Å². The third kappa shape index (κ3) is 7.15. The third-order valence-corrected chi connectivity index (χ3v) is 3.46. The first kappa shape index (κ1) is 22.1. The second-order valence-corrected chi connectivity index (χ2v) is 7.81. The van der Waals surface area contributed by atoms with Gasteiger partial charge in [-0.05, 0) is 31.6 Å². The Morgan fingerprint density at radius 2 is 1.62 bits per heavy atom. The number of hydrogen-bond donors (Lipinski definition) is 2. The summed E-state index contributed by atoms with van der Waals surface area (Å²) >= 11 is 0. The lowest BCUT2D eigenvalue weighted by Crippen LogP contribution is -2.52. The van der Waals surface area contributed by atoms with Gasteiger partial charge >= 0.3 is 11.9 Å². The van der Waals surface area contributed by atoms with Gasteiger partial charge in [-0.2, -0.15) is 0 Å². The van der Waals surface area contributed by atoms with Gasteiger partial charge in [0.05, 0.1) is 12.0 Å². The molecule has 0 fully saturated rings. The molecule has 24 heavy (non-hydrogen) atoms. The summed E-state index contributed by atoms with van der Waals surface area (Å²) in [5, 5.41) is 11.8. The van der Waals surface area contributed by atoms with E-state index in [1.165, 1.54) is 0 Å². The van der Waals surface area contributed by atoms with Gasteiger partial charge in [0.1, 0.15) is 6.04 Å². The van der Waals surface area contributed by atoms with Crippen molar-refractivity contribution in [3.05, 3.63) is 12.2 Å². The van der Waals surface area contributed by atoms with Crippen LogP contribution >= 0.6 is 0 Å². The summed E-state index contributed by atoms with van der Waals surface area (Å²) in [6.07, 6.45) is 0.0345. The molecule has 0 aliphatic carbocycles. The van der Waals surface area contributed by atoms with Crippen LogP contribution in [0.25, 0.3) is 0 Å². The molecule has 0 aliphatic rings. The average molecular weight is 341 g/mol. The van der Waals surface area contributed by atoms with Crippen molar-refractivity contribution in [1.29, 1.82) is 0 Å². The molecule has 0 rings (SSSR count). The van der Waals surface area contributed by atoms with Crippen LogP contribution in [0.3, 0.4) is 0 Å². The molecule has 0 saturated heterocycles. The molecule has 6 nitrogen and oxygen atoms in total. The molecule has 2 atom stereocenters. The number of nitrogens with one attached hydrogen (secondary N) is 1. The lowest BCUT2D eigenvalue weighted by Gasteiger charge is -2.31. The highest BCUT2D eigenvalue weighted by molar-refractivity contribution is 5.96. The van der Waals surface area contributed by atoms with Crippen molar-refractivity contribution in [2.75, 3.05) is 0 Å². The number of rotatable bonds is 8. The fraction of sp³-hybridized carbons (Fsp3) is 0.722. The number of aliphatic carboxylic acids is 1. The van der Waals surface area contributed by atoms with Crippen molar-refractivity contribution in [1.82, 2.24) is 5.32 Å². The van der Waals surface area contributed by atoms with Crippen LogP contribution in [-0.2, 0) is 19.1 Å². The summed E-state index contributed by atoms with van der Waals surface area (Å²) in [7, 11) is 0. The van der Waals surface area contributed by atoms with E-state index in [2.05, 4.69) is 11.9 Å². The van der Waals surface area contributed by atoms with Gasteiger partial charge in [0.25, 0.3) is 0 Å². The Bertz CT molecular complexity index is 488. The van der Waals surface area contributed by atoms with E-state index >= 15 is 0 Å². The minimum absolute atomic E-state index is 0.104. The van der Waals surface area contributed by atoms with Gasteiger partial charge in [-0.15, -0.1) is 0 Å². The number of carbonyl (C=O) groups excluding carboxylic acids is 2. The van der Waals surface area contributed by atoms with Crippen LogP contribution in [-0.4, -0.2) is 35.1 Å². The Morgan fingerprint density at radius 1 is 1.12 bits per heavy atom. The monoisotopic (exact) mass is 341 g/mol. The summed E-state index contributed by atoms with van der Waals surface area (Å²) in [5.74, 6) is -3.05. The highest BCUT2D eigenvalue weighted by Crippen LogP contribution is 2.24. The number of esters is 1. The highest BCUT2D eigenvalue weighted by atomic mass is 16.5. The van der Waals surface area contributed by atoms with Crippen LogP contribution in [0.2, 0.25) is 0 Å². The smallest absolute Gasteiger partial charge is 0.331 e. The second-order valence-electron chi connectivity index (χ2n) is 7.81. The van der Waals surface area contributed by atoms with Crippen LogP contribution < -0.4 is 5.32 Å². The highest BCUT2D eigenvalue weighted by Gasteiger charge is 2.37. The van der Waals surface area contributed by atoms with Crippen LogP contribution in [0.1, 0.15) is 54.9 Å². The van der Waals surface area contributed by atoms with Gasteiger partial charge in [-0.3, -0.25) is 4.79 Å². The number of carboxylic acid groups (broad SMARTS) is 1. The Labute approximate surface area is 144 Å². The maximum absolute atomic E-state index is 12.6. The van der Waals surface area contributed by atoms with E-state index in [0.717, 1.165) is 0 Å². The zero-order valence-corrected chi connectivity index (χ0v) is 15.8. The van der Waals surface area contributed by atoms with Crippen LogP contribution in [0, 0.1) is 17.3 Å². The fourth-order valence-electron chi connectivity index (χ4n) is 2.20. The molecule has 1 amide bonds. The van der Waals surface area contributed by atoms with Crippen molar-refractivity contribution < 1.29 is 24.2 Å². The van der Waals surface area contributed by atoms with Crippen LogP contribution in [0.15, 0.2) is 12.2 Å². The molecule has 0 bridgehead atoms. The van der Waals surface area contributed by atoms with Gasteiger partial charge in [-0.25, -0.2) is 9.59 Å². The van der Waals surface area contributed by atoms with Crippen molar-refractivity contribution in [2.45, 2.75) is 67.0 Å². The van der Waals surface area contributed by atoms with E-state index in [4.69, 9.17) is 9.84 Å². The molecule has 0 aromatic rings. The Morgan fingerprint density at radius 3 is 1.96 bits per heavy atom. The van der Waals surface area contributed by atoms with Crippen molar-refractivity contribution >= 4 is 17.8 Å². The molecule has 0 aromatic heterocycles. The minimum Gasteiger partial charge on any atom is -0.478 e. The maximum atomic E-state index is 12.6. The summed E-state index contributed by atoms with van der Waals surface area (Å²) < 4.78 is 5.22. The topological polar surface area (TPSA) is 92.7 Å². The van der Waals surface area contributed by atoms with E-state index in [0.29, 0.717) is 6.42 Å². The molecule has 138 valence electrons. The lowest BCUT2D eigenvalue weighted by molar-refractivity contribution is -0.155. The first-order valence-corrected chi connectivity index (χ1v) is 8.20. The first-order chi connectivity index (χ1) is 10.8. The molecule has 0 saturated carbocycles. The van der Waals surface area contributed by atoms with E-state index in [1.54, 1.807) is 13.8 Å². The molecular formula is C18H31NO5. The molecule has 2 N–H and O–H groups in total. The van der Waals surface area contributed by atoms with Gasteiger partial charge < -0.3 is 15.2 Å². The third-order valence-electron chi connectivity index (χ3n) is 3.46. The molecule has 0 aliphatic heterocycles. The number of carbonyl (C=O) groups is 3. The van der Waals surface area contributed by atoms with E-state index in [9.17, 15) is 14.4 Å². The predicted molar refractivity (Wildman–Crippen MR) is 92.3 cm³/mol. The number of hydrogen-bond acceptors (Lipinski definition) is 4. The second kappa shape index (κ2) is 8.85. The largest absolute Gasteiger partial charge is 0.478 e. The maximum Gasteiger partial charge on any atom is 0.331 e. The molecule has 0 radical (unpaired) electrons. The van der Waals surface area contributed by atoms with Gasteiger partial charge in [-0.1, -0.05) is 41.2 Å². The standard InChI is InChI=1S/C18H31NO5/c1-10(2)9-13(12(5)16(21)22)15(20)19-14(18(6,7)8)17(23)24-11(3)4/h10-11,13-14H,5,9H2,1-4,6-8H3,(H,19,20)(H,21,22)/t13-,14-/m1/s1. The van der Waals surface area contributed by atoms with Gasteiger partial charge in [0.15, 0.2) is 0 Å². The van der Waals surface area contributed by atoms with E-state index in [-0.39, 0.29) is 17.6 Å². The van der Waals surface area contributed by atoms with Crippen LogP contribution in [0.4, 0.5) is 0 Å². The lowest BCUT2D eigenvalue weighted by atomic mass is 9.85. The normalized spacial score (nSPS) is 14.2. The zero-order valence-electron chi connectivity index (χ0n) is 15.8. The van der Waals surface area contributed by atoms with Crippen molar-refractivity contribution in [2.24, 2.45) is 17.3 Å². The summed E-state index contributed by atoms with van der Waals surface area (Å²) in [5.41, 5.74) is -0.750. The number of carboxylic acids is 1. The Balaban J connectivity index is 5.42. The molecular weight excluding hydrogens is 310 g/mol. The number of amides is 1. The van der Waals surface area contributed by atoms with Crippen molar-refractivity contribution in [3.63, 3.8) is 0 Å². The van der Waals surface area contributed by atoms with E-state index in [1.807, 2.05) is 34.6 Å². The summed E-state index contributed by atoms with van der Waals surface area (Å²) in [6.45, 7) is 16.2. The van der Waals surface area contributed by atoms with E-state index < -0.39 is 35.2 Å². The number of ether oxygens (including phenoxy) is 1. The Kier molecular flexibility index (Phi) is 8.17. The average Bonchev–Trinajstić information content (AvgIpc) is 2.38. The molecule has 0 aromatic carbocycles. The van der Waals surface area contributed by atoms with Gasteiger partial charge in [0.2, 0.25) is 5.91 Å². The Hall–Kier alpha value is -1.85. The minimum atomic E-state index is -1.21. The molecule has 0 spiro atoms.